The molecule has 0 aliphatic carbocycles. The van der Waals surface area contributed by atoms with Gasteiger partial charge in [0, 0.05) is 17.1 Å². The number of fused-ring (bicyclic) bond motifs is 1. The first kappa shape index (κ1) is 13.5. The predicted molar refractivity (Wildman–Crippen MR) is 75.7 cm³/mol. The molecule has 1 aliphatic rings. The Bertz CT molecular complexity index is 511. The fraction of sp³-hybridized carbons (Fsp3) is 0.333. The zero-order chi connectivity index (χ0) is 11.7. The number of benzene rings is 1. The summed E-state index contributed by atoms with van der Waals surface area (Å²) in [5.41, 5.74) is 2.51. The average Bonchev–Trinajstić information content (AvgIpc) is 2.79. The maximum atomic E-state index is 4.08. The largest absolute Gasteiger partial charge is 0.306 e. The Labute approximate surface area is 120 Å². The lowest BCUT2D eigenvalue weighted by Crippen LogP contribution is -2.40. The molecule has 0 saturated heterocycles. The Morgan fingerprint density at radius 1 is 1.33 bits per heavy atom. The molecule has 1 N–H and O–H groups in total. The van der Waals surface area contributed by atoms with E-state index >= 15 is 0 Å². The van der Waals surface area contributed by atoms with E-state index in [1.165, 1.54) is 5.56 Å². The number of rotatable bonds is 2. The van der Waals surface area contributed by atoms with Gasteiger partial charge < -0.3 is 5.32 Å². The lowest BCUT2D eigenvalue weighted by molar-refractivity contribution is 0.362. The van der Waals surface area contributed by atoms with E-state index < -0.39 is 0 Å². The lowest BCUT2D eigenvalue weighted by Gasteiger charge is -2.24. The molecular weight excluding hydrogens is 316 g/mol. The molecule has 0 bridgehead atoms. The van der Waals surface area contributed by atoms with Crippen LogP contribution in [0, 0.1) is 0 Å². The van der Waals surface area contributed by atoms with E-state index in [2.05, 4.69) is 55.8 Å². The van der Waals surface area contributed by atoms with E-state index in [1.807, 2.05) is 10.9 Å². The van der Waals surface area contributed by atoms with Crippen molar-refractivity contribution < 1.29 is 0 Å². The van der Waals surface area contributed by atoms with Gasteiger partial charge in [0.2, 0.25) is 0 Å². The number of halogens is 2. The quantitative estimate of drug-likeness (QED) is 0.918. The molecular formula is C12H14BrClN4. The highest BCUT2D eigenvalue weighted by Gasteiger charge is 2.18. The standard InChI is InChI=1S/C12H13BrN4.ClH/c13-10-3-1-9(2-4-10)5-11-8-17-12(6-14-11)7-15-16-17;/h1-4,7,11,14H,5-6,8H2;1H/t11-;/m1./s1. The van der Waals surface area contributed by atoms with Gasteiger partial charge in [-0.2, -0.15) is 0 Å². The Morgan fingerprint density at radius 2 is 2.11 bits per heavy atom. The predicted octanol–water partition coefficient (Wildman–Crippen LogP) is 2.18. The van der Waals surface area contributed by atoms with Gasteiger partial charge in [-0.05, 0) is 24.1 Å². The number of hydrogen-bond donors (Lipinski definition) is 1. The summed E-state index contributed by atoms with van der Waals surface area (Å²) in [5.74, 6) is 0. The van der Waals surface area contributed by atoms with Crippen LogP contribution in [-0.2, 0) is 19.5 Å². The van der Waals surface area contributed by atoms with Crippen molar-refractivity contribution >= 4 is 28.3 Å². The lowest BCUT2D eigenvalue weighted by atomic mass is 10.0. The fourth-order valence-corrected chi connectivity index (χ4v) is 2.40. The molecule has 6 heteroatoms. The van der Waals surface area contributed by atoms with Gasteiger partial charge in [0.1, 0.15) is 0 Å². The Hall–Kier alpha value is -0.910. The van der Waals surface area contributed by atoms with Gasteiger partial charge in [-0.1, -0.05) is 33.3 Å². The van der Waals surface area contributed by atoms with Gasteiger partial charge in [0.05, 0.1) is 18.4 Å². The average molecular weight is 330 g/mol. The van der Waals surface area contributed by atoms with Gasteiger partial charge in [0.25, 0.3) is 0 Å². The molecule has 18 heavy (non-hydrogen) atoms. The van der Waals surface area contributed by atoms with Gasteiger partial charge >= 0.3 is 0 Å². The third kappa shape index (κ3) is 2.91. The van der Waals surface area contributed by atoms with Crippen molar-refractivity contribution in [1.29, 1.82) is 0 Å². The minimum absolute atomic E-state index is 0. The molecule has 0 radical (unpaired) electrons. The van der Waals surface area contributed by atoms with E-state index in [4.69, 9.17) is 0 Å². The Kier molecular flexibility index (Phi) is 4.37. The van der Waals surface area contributed by atoms with Crippen LogP contribution in [0.1, 0.15) is 11.3 Å². The molecule has 0 amide bonds. The number of aromatic nitrogens is 3. The highest BCUT2D eigenvalue weighted by molar-refractivity contribution is 9.10. The van der Waals surface area contributed by atoms with Crippen LogP contribution in [-0.4, -0.2) is 21.0 Å². The van der Waals surface area contributed by atoms with Gasteiger partial charge in [-0.3, -0.25) is 0 Å². The van der Waals surface area contributed by atoms with Crippen LogP contribution in [0.4, 0.5) is 0 Å². The third-order valence-electron chi connectivity index (χ3n) is 3.06. The molecule has 1 atom stereocenters. The summed E-state index contributed by atoms with van der Waals surface area (Å²) in [6.07, 6.45) is 2.84. The van der Waals surface area contributed by atoms with Crippen LogP contribution >= 0.6 is 28.3 Å². The maximum Gasteiger partial charge on any atom is 0.0738 e. The molecule has 0 saturated carbocycles. The minimum atomic E-state index is 0. The summed E-state index contributed by atoms with van der Waals surface area (Å²) in [6.45, 7) is 1.75. The molecule has 96 valence electrons. The highest BCUT2D eigenvalue weighted by atomic mass is 79.9. The van der Waals surface area contributed by atoms with E-state index in [9.17, 15) is 0 Å². The van der Waals surface area contributed by atoms with Crippen molar-refractivity contribution in [1.82, 2.24) is 20.3 Å². The summed E-state index contributed by atoms with van der Waals surface area (Å²) >= 11 is 3.45. The molecule has 1 aliphatic heterocycles. The summed E-state index contributed by atoms with van der Waals surface area (Å²) in [6, 6.07) is 8.91. The second kappa shape index (κ2) is 5.82. The third-order valence-corrected chi connectivity index (χ3v) is 3.59. The van der Waals surface area contributed by atoms with E-state index in [0.29, 0.717) is 6.04 Å². The maximum absolute atomic E-state index is 4.08. The number of hydrogen-bond acceptors (Lipinski definition) is 3. The Balaban J connectivity index is 0.00000120. The van der Waals surface area contributed by atoms with Crippen LogP contribution in [0.5, 0.6) is 0 Å². The smallest absolute Gasteiger partial charge is 0.0738 e. The normalized spacial score (nSPS) is 17.9. The first-order chi connectivity index (χ1) is 8.31. The SMILES string of the molecule is Brc1ccc(C[C@@H]2Cn3nncc3CN2)cc1.Cl. The van der Waals surface area contributed by atoms with Crippen molar-refractivity contribution in [3.8, 4) is 0 Å². The highest BCUT2D eigenvalue weighted by Crippen LogP contribution is 2.14. The van der Waals surface area contributed by atoms with Crippen LogP contribution < -0.4 is 5.32 Å². The van der Waals surface area contributed by atoms with Crippen molar-refractivity contribution in [3.63, 3.8) is 0 Å². The van der Waals surface area contributed by atoms with Crippen molar-refractivity contribution in [2.75, 3.05) is 0 Å². The molecule has 0 spiro atoms. The minimum Gasteiger partial charge on any atom is -0.306 e. The topological polar surface area (TPSA) is 42.7 Å². The second-order valence-corrected chi connectivity index (χ2v) is 5.23. The van der Waals surface area contributed by atoms with Crippen LogP contribution in [0.15, 0.2) is 34.9 Å². The van der Waals surface area contributed by atoms with Crippen molar-refractivity contribution in [2.45, 2.75) is 25.6 Å². The second-order valence-electron chi connectivity index (χ2n) is 4.32. The first-order valence-corrected chi connectivity index (χ1v) is 6.46. The molecule has 1 aromatic carbocycles. The summed E-state index contributed by atoms with van der Waals surface area (Å²) in [4.78, 5) is 0. The number of nitrogens with one attached hydrogen (secondary N) is 1. The number of nitrogens with zero attached hydrogens (tertiary/aromatic N) is 3. The van der Waals surface area contributed by atoms with Gasteiger partial charge in [0.15, 0.2) is 0 Å². The van der Waals surface area contributed by atoms with Crippen LogP contribution in [0.2, 0.25) is 0 Å². The molecule has 1 aromatic heterocycles. The zero-order valence-corrected chi connectivity index (χ0v) is 12.1. The summed E-state index contributed by atoms with van der Waals surface area (Å²) in [5, 5.41) is 11.5. The summed E-state index contributed by atoms with van der Waals surface area (Å²) < 4.78 is 3.11. The molecule has 0 unspecified atom stereocenters. The fourth-order valence-electron chi connectivity index (χ4n) is 2.13. The molecule has 4 nitrogen and oxygen atoms in total. The molecule has 3 rings (SSSR count). The Morgan fingerprint density at radius 3 is 2.89 bits per heavy atom. The van der Waals surface area contributed by atoms with Crippen molar-refractivity contribution in [3.05, 3.63) is 46.2 Å². The van der Waals surface area contributed by atoms with Crippen LogP contribution in [0.3, 0.4) is 0 Å². The molecule has 2 heterocycles. The zero-order valence-electron chi connectivity index (χ0n) is 9.71. The van der Waals surface area contributed by atoms with E-state index in [1.54, 1.807) is 0 Å². The monoisotopic (exact) mass is 328 g/mol. The molecule has 2 aromatic rings. The van der Waals surface area contributed by atoms with Crippen LogP contribution in [0.25, 0.3) is 0 Å². The first-order valence-electron chi connectivity index (χ1n) is 5.66. The van der Waals surface area contributed by atoms with E-state index in [-0.39, 0.29) is 12.4 Å². The van der Waals surface area contributed by atoms with E-state index in [0.717, 1.165) is 29.7 Å². The van der Waals surface area contributed by atoms with Gasteiger partial charge in [-0.15, -0.1) is 17.5 Å². The van der Waals surface area contributed by atoms with Gasteiger partial charge in [-0.25, -0.2) is 4.68 Å². The summed E-state index contributed by atoms with van der Waals surface area (Å²) in [7, 11) is 0. The van der Waals surface area contributed by atoms with Crippen molar-refractivity contribution in [2.24, 2.45) is 0 Å². The molecule has 0 fully saturated rings.